The number of amides is 1. The van der Waals surface area contributed by atoms with Gasteiger partial charge >= 0.3 is 0 Å². The van der Waals surface area contributed by atoms with Crippen molar-refractivity contribution in [1.82, 2.24) is 5.01 Å². The topological polar surface area (TPSA) is 96.6 Å². The number of hydrazone groups is 1. The number of rotatable bonds is 9. The molecule has 5 rings (SSSR count). The lowest BCUT2D eigenvalue weighted by Gasteiger charge is -2.20. The minimum Gasteiger partial charge on any atom is -0.490 e. The number of fused-ring (bicyclic) bond motifs is 1. The first-order valence-corrected chi connectivity index (χ1v) is 12.5. The molecule has 1 N–H and O–H groups in total. The highest BCUT2D eigenvalue weighted by molar-refractivity contribution is 8.27. The van der Waals surface area contributed by atoms with Gasteiger partial charge in [0.2, 0.25) is 5.17 Å². The Morgan fingerprint density at radius 2 is 1.59 bits per heavy atom. The van der Waals surface area contributed by atoms with Gasteiger partial charge in [0.25, 0.3) is 5.91 Å². The maximum Gasteiger partial charge on any atom is 0.283 e. The van der Waals surface area contributed by atoms with Crippen LogP contribution in [-0.2, 0) is 4.79 Å². The summed E-state index contributed by atoms with van der Waals surface area (Å²) in [6.07, 6.45) is 1.63. The number of aliphatic imine (C=N–C) groups is 1. The summed E-state index contributed by atoms with van der Waals surface area (Å²) < 4.78 is 17.2. The van der Waals surface area contributed by atoms with Gasteiger partial charge in [0, 0.05) is 0 Å². The van der Waals surface area contributed by atoms with Gasteiger partial charge in [0.15, 0.2) is 5.84 Å². The molecule has 2 aliphatic heterocycles. The minimum atomic E-state index is -0.474. The maximum absolute atomic E-state index is 12.7. The van der Waals surface area contributed by atoms with Crippen LogP contribution >= 0.6 is 11.8 Å². The van der Waals surface area contributed by atoms with E-state index in [1.807, 2.05) is 85.8 Å². The van der Waals surface area contributed by atoms with Gasteiger partial charge in [-0.15, -0.1) is 0 Å². The fourth-order valence-corrected chi connectivity index (χ4v) is 4.40. The van der Waals surface area contributed by atoms with Gasteiger partial charge in [0.05, 0.1) is 5.57 Å². The number of hydrogen-bond donors (Lipinski definition) is 1. The van der Waals surface area contributed by atoms with Crippen LogP contribution in [-0.4, -0.2) is 46.8 Å². The molecule has 2 aliphatic rings. The van der Waals surface area contributed by atoms with Crippen molar-refractivity contribution < 1.29 is 19.0 Å². The Balaban J connectivity index is 1.17. The molecule has 0 atom stereocenters. The summed E-state index contributed by atoms with van der Waals surface area (Å²) in [7, 11) is 0. The molecular weight excluding hydrogens is 488 g/mol. The van der Waals surface area contributed by atoms with Crippen LogP contribution in [0.3, 0.4) is 0 Å². The molecule has 1 amide bonds. The summed E-state index contributed by atoms with van der Waals surface area (Å²) in [5.41, 5.74) is 2.06. The first kappa shape index (κ1) is 24.3. The van der Waals surface area contributed by atoms with Crippen molar-refractivity contribution in [1.29, 1.82) is 5.41 Å². The first-order valence-electron chi connectivity index (χ1n) is 11.6. The highest BCUT2D eigenvalue weighted by Gasteiger charge is 2.35. The van der Waals surface area contributed by atoms with Gasteiger partial charge in [-0.3, -0.25) is 10.2 Å². The van der Waals surface area contributed by atoms with Gasteiger partial charge in [0.1, 0.15) is 42.1 Å². The lowest BCUT2D eigenvalue weighted by molar-refractivity contribution is -0.114. The zero-order valence-corrected chi connectivity index (χ0v) is 20.9. The average molecular weight is 513 g/mol. The van der Waals surface area contributed by atoms with Crippen LogP contribution < -0.4 is 14.2 Å². The Morgan fingerprint density at radius 3 is 2.35 bits per heavy atom. The molecule has 0 unspecified atom stereocenters. The lowest BCUT2D eigenvalue weighted by atomic mass is 10.1. The Morgan fingerprint density at radius 1 is 0.892 bits per heavy atom. The number of para-hydroxylation sites is 1. The molecule has 0 aliphatic carbocycles. The van der Waals surface area contributed by atoms with E-state index >= 15 is 0 Å². The smallest absolute Gasteiger partial charge is 0.283 e. The quantitative estimate of drug-likeness (QED) is 0.315. The van der Waals surface area contributed by atoms with E-state index < -0.39 is 5.91 Å². The summed E-state index contributed by atoms with van der Waals surface area (Å²) in [4.78, 5) is 16.8. The van der Waals surface area contributed by atoms with Crippen molar-refractivity contribution in [2.24, 2.45) is 10.1 Å². The number of nitrogens with zero attached hydrogens (tertiary/aromatic N) is 3. The molecule has 9 heteroatoms. The molecule has 0 radical (unpaired) electrons. The summed E-state index contributed by atoms with van der Waals surface area (Å²) in [5.74, 6) is 1.72. The third-order valence-electron chi connectivity index (χ3n) is 5.40. The molecule has 0 aromatic heterocycles. The van der Waals surface area contributed by atoms with Crippen molar-refractivity contribution in [3.05, 3.63) is 95.6 Å². The standard InChI is InChI=1S/C28H24N4O4S/c1-19-6-5-9-23(16-19)35-15-14-34-22-12-10-20(11-13-22)17-24-26(29)32-28(30-27(24)33)37-25(31-32)18-36-21-7-3-2-4-8-21/h2-13,16-17,29H,14-15,18H2,1H3/b24-17-,29-26?. The number of ether oxygens (including phenoxy) is 3. The fraction of sp³-hybridized carbons (Fsp3) is 0.143. The fourth-order valence-electron chi connectivity index (χ4n) is 3.60. The van der Waals surface area contributed by atoms with E-state index in [1.54, 1.807) is 6.08 Å². The molecule has 3 aromatic carbocycles. The van der Waals surface area contributed by atoms with Gasteiger partial charge in [-0.2, -0.15) is 15.1 Å². The number of thioether (sulfide) groups is 1. The SMILES string of the molecule is Cc1cccc(OCCOc2ccc(/C=C3/C(=N)N4N=C(COc5ccccc5)SC4=NC3=O)cc2)c1. The number of aryl methyl sites for hydroxylation is 1. The number of benzene rings is 3. The van der Waals surface area contributed by atoms with Crippen molar-refractivity contribution in [3.63, 3.8) is 0 Å². The highest BCUT2D eigenvalue weighted by atomic mass is 32.2. The first-order chi connectivity index (χ1) is 18.0. The monoisotopic (exact) mass is 512 g/mol. The van der Waals surface area contributed by atoms with Crippen LogP contribution in [0.1, 0.15) is 11.1 Å². The van der Waals surface area contributed by atoms with Crippen molar-refractivity contribution in [2.75, 3.05) is 19.8 Å². The van der Waals surface area contributed by atoms with Crippen LogP contribution in [0.2, 0.25) is 0 Å². The Labute approximate surface area is 218 Å². The van der Waals surface area contributed by atoms with E-state index in [0.717, 1.165) is 22.6 Å². The third kappa shape index (κ3) is 6.07. The van der Waals surface area contributed by atoms with Crippen LogP contribution in [0.25, 0.3) is 6.08 Å². The van der Waals surface area contributed by atoms with Crippen LogP contribution in [0.5, 0.6) is 17.2 Å². The third-order valence-corrected chi connectivity index (χ3v) is 6.29. The second-order valence-electron chi connectivity index (χ2n) is 8.20. The van der Waals surface area contributed by atoms with E-state index in [4.69, 9.17) is 19.6 Å². The molecule has 0 fully saturated rings. The molecular formula is C28H24N4O4S. The van der Waals surface area contributed by atoms with Gasteiger partial charge < -0.3 is 14.2 Å². The van der Waals surface area contributed by atoms with E-state index in [0.29, 0.717) is 29.2 Å². The van der Waals surface area contributed by atoms with Crippen LogP contribution in [0.15, 0.2) is 94.5 Å². The van der Waals surface area contributed by atoms with E-state index in [-0.39, 0.29) is 18.0 Å². The van der Waals surface area contributed by atoms with Crippen molar-refractivity contribution >= 4 is 39.8 Å². The lowest BCUT2D eigenvalue weighted by Crippen LogP contribution is -2.35. The summed E-state index contributed by atoms with van der Waals surface area (Å²) >= 11 is 1.23. The molecule has 0 bridgehead atoms. The van der Waals surface area contributed by atoms with E-state index in [9.17, 15) is 4.79 Å². The molecule has 8 nitrogen and oxygen atoms in total. The minimum absolute atomic E-state index is 0.0224. The summed E-state index contributed by atoms with van der Waals surface area (Å²) in [5, 5.41) is 15.3. The molecule has 0 saturated carbocycles. The van der Waals surface area contributed by atoms with Gasteiger partial charge in [-0.1, -0.05) is 42.5 Å². The van der Waals surface area contributed by atoms with Gasteiger partial charge in [-0.05, 0) is 72.3 Å². The zero-order chi connectivity index (χ0) is 25.6. The second kappa shape index (κ2) is 11.1. The predicted molar refractivity (Wildman–Crippen MR) is 146 cm³/mol. The summed E-state index contributed by atoms with van der Waals surface area (Å²) in [6.45, 7) is 3.07. The second-order valence-corrected chi connectivity index (χ2v) is 9.24. The Kier molecular flexibility index (Phi) is 7.32. The predicted octanol–water partition coefficient (Wildman–Crippen LogP) is 5.15. The Hall–Kier alpha value is -4.37. The Bertz CT molecular complexity index is 1400. The molecule has 0 spiro atoms. The average Bonchev–Trinajstić information content (AvgIpc) is 3.32. The summed E-state index contributed by atoms with van der Waals surface area (Å²) in [6, 6.07) is 24.5. The molecule has 3 aromatic rings. The number of carbonyl (C=O) groups excluding carboxylic acids is 1. The normalized spacial score (nSPS) is 15.8. The number of carbonyl (C=O) groups is 1. The number of nitrogens with one attached hydrogen (secondary N) is 1. The van der Waals surface area contributed by atoms with Crippen molar-refractivity contribution in [3.8, 4) is 17.2 Å². The molecule has 186 valence electrons. The van der Waals surface area contributed by atoms with Crippen LogP contribution in [0, 0.1) is 12.3 Å². The maximum atomic E-state index is 12.7. The largest absolute Gasteiger partial charge is 0.490 e. The van der Waals surface area contributed by atoms with E-state index in [2.05, 4.69) is 10.1 Å². The van der Waals surface area contributed by atoms with Gasteiger partial charge in [-0.25, -0.2) is 0 Å². The van der Waals surface area contributed by atoms with Crippen molar-refractivity contribution in [2.45, 2.75) is 6.92 Å². The molecule has 0 saturated heterocycles. The van der Waals surface area contributed by atoms with E-state index in [1.165, 1.54) is 16.8 Å². The highest BCUT2D eigenvalue weighted by Crippen LogP contribution is 2.29. The van der Waals surface area contributed by atoms with Crippen LogP contribution in [0.4, 0.5) is 0 Å². The molecule has 2 heterocycles. The molecule has 37 heavy (non-hydrogen) atoms. The zero-order valence-electron chi connectivity index (χ0n) is 20.1. The number of amidine groups is 2. The number of hydrogen-bond acceptors (Lipinski definition) is 7.